The van der Waals surface area contributed by atoms with E-state index in [1.165, 1.54) is 4.90 Å². The molecule has 3 atom stereocenters. The van der Waals surface area contributed by atoms with Gasteiger partial charge in [-0.3, -0.25) is 9.59 Å². The highest BCUT2D eigenvalue weighted by molar-refractivity contribution is 5.86. The van der Waals surface area contributed by atoms with Gasteiger partial charge in [0.25, 0.3) is 0 Å². The van der Waals surface area contributed by atoms with E-state index in [0.29, 0.717) is 18.9 Å². The van der Waals surface area contributed by atoms with Crippen LogP contribution < -0.4 is 0 Å². The summed E-state index contributed by atoms with van der Waals surface area (Å²) in [7, 11) is 0. The molecule has 2 rings (SSSR count). The lowest BCUT2D eigenvalue weighted by Gasteiger charge is -2.33. The number of carboxylic acid groups (broad SMARTS) is 1. The number of esters is 1. The normalized spacial score (nSPS) is 28.0. The first-order chi connectivity index (χ1) is 10.0. The number of likely N-dealkylation sites (tertiary alicyclic amines) is 1. The second-order valence-electron chi connectivity index (χ2n) is 5.81. The van der Waals surface area contributed by atoms with E-state index < -0.39 is 18.0 Å². The van der Waals surface area contributed by atoms with E-state index in [9.17, 15) is 19.5 Å². The Kier molecular flexibility index (Phi) is 5.20. The summed E-state index contributed by atoms with van der Waals surface area (Å²) in [6.07, 6.45) is 4.62. The van der Waals surface area contributed by atoms with Gasteiger partial charge in [0.15, 0.2) is 0 Å². The Bertz CT molecular complexity index is 422. The topological polar surface area (TPSA) is 83.9 Å². The van der Waals surface area contributed by atoms with E-state index in [0.717, 1.165) is 25.7 Å². The molecule has 2 aliphatic rings. The van der Waals surface area contributed by atoms with Crippen molar-refractivity contribution in [3.8, 4) is 0 Å². The van der Waals surface area contributed by atoms with Crippen LogP contribution in [-0.4, -0.2) is 46.5 Å². The Morgan fingerprint density at radius 2 is 1.90 bits per heavy atom. The SMILES string of the molecule is CCOC(=O)CCC(=O)N1C(C(=O)O)CC2CCCCC21. The summed E-state index contributed by atoms with van der Waals surface area (Å²) in [4.78, 5) is 36.7. The van der Waals surface area contributed by atoms with Gasteiger partial charge in [0, 0.05) is 12.5 Å². The molecule has 0 aromatic carbocycles. The quantitative estimate of drug-likeness (QED) is 0.779. The van der Waals surface area contributed by atoms with Gasteiger partial charge in [-0.25, -0.2) is 4.79 Å². The summed E-state index contributed by atoms with van der Waals surface area (Å²) in [6.45, 7) is 2.01. The number of carboxylic acids is 1. The monoisotopic (exact) mass is 297 g/mol. The Morgan fingerprint density at radius 1 is 1.19 bits per heavy atom. The van der Waals surface area contributed by atoms with E-state index in [2.05, 4.69) is 0 Å². The molecule has 1 heterocycles. The molecule has 2 fully saturated rings. The number of hydrogen-bond acceptors (Lipinski definition) is 4. The van der Waals surface area contributed by atoms with Crippen molar-refractivity contribution in [3.63, 3.8) is 0 Å². The number of carbonyl (C=O) groups is 3. The number of rotatable bonds is 5. The van der Waals surface area contributed by atoms with Gasteiger partial charge in [-0.2, -0.15) is 0 Å². The highest BCUT2D eigenvalue weighted by Crippen LogP contribution is 2.40. The average Bonchev–Trinajstić information content (AvgIpc) is 2.85. The number of amides is 1. The zero-order valence-electron chi connectivity index (χ0n) is 12.4. The van der Waals surface area contributed by atoms with E-state index in [4.69, 9.17) is 4.74 Å². The summed E-state index contributed by atoms with van der Waals surface area (Å²) < 4.78 is 4.81. The van der Waals surface area contributed by atoms with Gasteiger partial charge in [-0.1, -0.05) is 12.8 Å². The molecule has 1 aliphatic heterocycles. The van der Waals surface area contributed by atoms with Crippen molar-refractivity contribution in [2.75, 3.05) is 6.61 Å². The third kappa shape index (κ3) is 3.54. The molecule has 0 radical (unpaired) electrons. The molecular formula is C15H23NO5. The van der Waals surface area contributed by atoms with Gasteiger partial charge in [0.2, 0.25) is 5.91 Å². The molecule has 1 saturated carbocycles. The second-order valence-corrected chi connectivity index (χ2v) is 5.81. The van der Waals surface area contributed by atoms with E-state index in [1.807, 2.05) is 0 Å². The number of nitrogens with zero attached hydrogens (tertiary/aromatic N) is 1. The lowest BCUT2D eigenvalue weighted by Crippen LogP contribution is -2.46. The van der Waals surface area contributed by atoms with Crippen molar-refractivity contribution in [3.05, 3.63) is 0 Å². The van der Waals surface area contributed by atoms with Crippen LogP contribution in [0, 0.1) is 5.92 Å². The fourth-order valence-corrected chi connectivity index (χ4v) is 3.61. The van der Waals surface area contributed by atoms with Crippen molar-refractivity contribution in [2.45, 2.75) is 64.0 Å². The molecule has 0 aromatic heterocycles. The Labute approximate surface area is 124 Å². The third-order valence-corrected chi connectivity index (χ3v) is 4.51. The Morgan fingerprint density at radius 3 is 2.57 bits per heavy atom. The van der Waals surface area contributed by atoms with Crippen molar-refractivity contribution in [1.82, 2.24) is 4.90 Å². The minimum Gasteiger partial charge on any atom is -0.480 e. The highest BCUT2D eigenvalue weighted by Gasteiger charge is 2.47. The van der Waals surface area contributed by atoms with Crippen LogP contribution in [0.3, 0.4) is 0 Å². The van der Waals surface area contributed by atoms with Crippen LogP contribution in [0.25, 0.3) is 0 Å². The van der Waals surface area contributed by atoms with E-state index in [1.54, 1.807) is 6.92 Å². The van der Waals surface area contributed by atoms with Gasteiger partial charge in [-0.05, 0) is 32.1 Å². The molecule has 0 spiro atoms. The van der Waals surface area contributed by atoms with Gasteiger partial charge < -0.3 is 14.7 Å². The van der Waals surface area contributed by atoms with Crippen molar-refractivity contribution in [1.29, 1.82) is 0 Å². The predicted molar refractivity (Wildman–Crippen MR) is 74.5 cm³/mol. The Balaban J connectivity index is 2.01. The van der Waals surface area contributed by atoms with Crippen LogP contribution in [-0.2, 0) is 19.1 Å². The summed E-state index contributed by atoms with van der Waals surface area (Å²) >= 11 is 0. The van der Waals surface area contributed by atoms with Gasteiger partial charge in [0.1, 0.15) is 6.04 Å². The summed E-state index contributed by atoms with van der Waals surface area (Å²) in [5.74, 6) is -1.28. The van der Waals surface area contributed by atoms with Crippen LogP contribution in [0.5, 0.6) is 0 Å². The van der Waals surface area contributed by atoms with Crippen LogP contribution >= 0.6 is 0 Å². The molecule has 6 nitrogen and oxygen atoms in total. The number of aliphatic carboxylic acids is 1. The third-order valence-electron chi connectivity index (χ3n) is 4.51. The first kappa shape index (κ1) is 15.8. The standard InChI is InChI=1S/C15H23NO5/c1-2-21-14(18)8-7-13(17)16-11-6-4-3-5-10(11)9-12(16)15(19)20/h10-12H,2-9H2,1H3,(H,19,20). The molecule has 1 amide bonds. The van der Waals surface area contributed by atoms with E-state index in [-0.39, 0.29) is 24.8 Å². The minimum absolute atomic E-state index is 0.0207. The number of fused-ring (bicyclic) bond motifs is 1. The maximum atomic E-state index is 12.4. The molecular weight excluding hydrogens is 274 g/mol. The lowest BCUT2D eigenvalue weighted by atomic mass is 9.84. The maximum Gasteiger partial charge on any atom is 0.326 e. The fourth-order valence-electron chi connectivity index (χ4n) is 3.61. The first-order valence-electron chi connectivity index (χ1n) is 7.74. The number of carbonyl (C=O) groups excluding carboxylic acids is 2. The van der Waals surface area contributed by atoms with Crippen LogP contribution in [0.2, 0.25) is 0 Å². The van der Waals surface area contributed by atoms with Gasteiger partial charge in [0.05, 0.1) is 13.0 Å². The summed E-state index contributed by atoms with van der Waals surface area (Å²) in [5, 5.41) is 9.36. The summed E-state index contributed by atoms with van der Waals surface area (Å²) in [6, 6.07) is -0.692. The molecule has 1 saturated heterocycles. The lowest BCUT2D eigenvalue weighted by molar-refractivity contribution is -0.151. The zero-order chi connectivity index (χ0) is 15.4. The smallest absolute Gasteiger partial charge is 0.326 e. The number of hydrogen-bond donors (Lipinski definition) is 1. The maximum absolute atomic E-state index is 12.4. The zero-order valence-corrected chi connectivity index (χ0v) is 12.4. The molecule has 6 heteroatoms. The van der Waals surface area contributed by atoms with Crippen LogP contribution in [0.1, 0.15) is 51.9 Å². The van der Waals surface area contributed by atoms with Crippen molar-refractivity contribution < 1.29 is 24.2 Å². The molecule has 1 aliphatic carbocycles. The average molecular weight is 297 g/mol. The van der Waals surface area contributed by atoms with Crippen LogP contribution in [0.4, 0.5) is 0 Å². The van der Waals surface area contributed by atoms with Crippen molar-refractivity contribution >= 4 is 17.8 Å². The molecule has 21 heavy (non-hydrogen) atoms. The van der Waals surface area contributed by atoms with E-state index >= 15 is 0 Å². The largest absolute Gasteiger partial charge is 0.480 e. The molecule has 0 aromatic rings. The van der Waals surface area contributed by atoms with Gasteiger partial charge in [-0.15, -0.1) is 0 Å². The minimum atomic E-state index is -0.936. The van der Waals surface area contributed by atoms with Gasteiger partial charge >= 0.3 is 11.9 Å². The predicted octanol–water partition coefficient (Wildman–Crippen LogP) is 1.57. The van der Waals surface area contributed by atoms with Crippen LogP contribution in [0.15, 0.2) is 0 Å². The fraction of sp³-hybridized carbons (Fsp3) is 0.800. The van der Waals surface area contributed by atoms with Crippen molar-refractivity contribution in [2.24, 2.45) is 5.92 Å². The molecule has 118 valence electrons. The first-order valence-corrected chi connectivity index (χ1v) is 7.74. The Hall–Kier alpha value is -1.59. The number of ether oxygens (including phenoxy) is 1. The summed E-state index contributed by atoms with van der Waals surface area (Å²) in [5.41, 5.74) is 0. The highest BCUT2D eigenvalue weighted by atomic mass is 16.5. The molecule has 3 unspecified atom stereocenters. The molecule has 0 bridgehead atoms. The second kappa shape index (κ2) is 6.91. The molecule has 1 N–H and O–H groups in total.